The highest BCUT2D eigenvalue weighted by molar-refractivity contribution is 9.10. The molecular formula is C24H16BrF2NO2. The molecule has 0 atom stereocenters. The fraction of sp³-hybridized carbons (Fsp3) is 0.125. The fourth-order valence-electron chi connectivity index (χ4n) is 3.56. The summed E-state index contributed by atoms with van der Waals surface area (Å²) in [5, 5.41) is 2.49. The van der Waals surface area contributed by atoms with Gasteiger partial charge in [-0.3, -0.25) is 0 Å². The maximum Gasteiger partial charge on any atom is 0.407 e. The largest absolute Gasteiger partial charge is 0.449 e. The number of carbonyl (C=O) groups is 1. The lowest BCUT2D eigenvalue weighted by atomic mass is 9.98. The zero-order chi connectivity index (χ0) is 21.1. The lowest BCUT2D eigenvalue weighted by Crippen LogP contribution is -2.26. The molecule has 4 rings (SSSR count). The van der Waals surface area contributed by atoms with Crippen LogP contribution in [0.15, 0.2) is 65.1 Å². The number of carbonyl (C=O) groups excluding carboxylic acids is 1. The Hall–Kier alpha value is -3.17. The lowest BCUT2D eigenvalue weighted by Gasteiger charge is -2.14. The first-order valence-corrected chi connectivity index (χ1v) is 10.1. The molecule has 0 saturated heterocycles. The van der Waals surface area contributed by atoms with Gasteiger partial charge in [-0.15, -0.1) is 0 Å². The third-order valence-corrected chi connectivity index (χ3v) is 5.34. The van der Waals surface area contributed by atoms with Crippen molar-refractivity contribution in [2.24, 2.45) is 0 Å². The minimum atomic E-state index is -0.768. The summed E-state index contributed by atoms with van der Waals surface area (Å²) in [6.07, 6.45) is -0.636. The summed E-state index contributed by atoms with van der Waals surface area (Å²) in [4.78, 5) is 12.1. The van der Waals surface area contributed by atoms with Gasteiger partial charge in [0.15, 0.2) is 0 Å². The molecule has 1 aliphatic carbocycles. The number of fused-ring (bicyclic) bond motifs is 3. The molecule has 3 aromatic rings. The first-order chi connectivity index (χ1) is 14.5. The second-order valence-corrected chi connectivity index (χ2v) is 7.64. The summed E-state index contributed by atoms with van der Waals surface area (Å²) in [5.41, 5.74) is 4.19. The molecule has 150 valence electrons. The van der Waals surface area contributed by atoms with E-state index in [1.54, 1.807) is 0 Å². The predicted molar refractivity (Wildman–Crippen MR) is 114 cm³/mol. The molecule has 1 amide bonds. The minimum absolute atomic E-state index is 0.0415. The predicted octanol–water partition coefficient (Wildman–Crippen LogP) is 5.62. The number of halogens is 3. The molecule has 30 heavy (non-hydrogen) atoms. The van der Waals surface area contributed by atoms with Gasteiger partial charge in [0.05, 0.1) is 12.1 Å². The molecular weight excluding hydrogens is 452 g/mol. The molecule has 0 spiro atoms. The molecule has 3 aromatic carbocycles. The SMILES string of the molecule is O=C(NCC#Cc1c(F)cc(Br)cc1F)OCC1c2ccccc2-c2ccccc21. The van der Waals surface area contributed by atoms with Gasteiger partial charge in [-0.25, -0.2) is 13.6 Å². The molecule has 1 N–H and O–H groups in total. The zero-order valence-electron chi connectivity index (χ0n) is 15.7. The monoisotopic (exact) mass is 467 g/mol. The van der Waals surface area contributed by atoms with Crippen LogP contribution >= 0.6 is 15.9 Å². The van der Waals surface area contributed by atoms with E-state index in [0.717, 1.165) is 34.4 Å². The van der Waals surface area contributed by atoms with Crippen molar-refractivity contribution in [1.82, 2.24) is 5.32 Å². The van der Waals surface area contributed by atoms with E-state index in [9.17, 15) is 13.6 Å². The Kier molecular flexibility index (Phi) is 5.82. The number of alkyl carbamates (subject to hydrolysis) is 1. The maximum absolute atomic E-state index is 13.7. The van der Waals surface area contributed by atoms with Crippen molar-refractivity contribution >= 4 is 22.0 Å². The van der Waals surface area contributed by atoms with Crippen molar-refractivity contribution in [1.29, 1.82) is 0 Å². The van der Waals surface area contributed by atoms with Crippen LogP contribution in [0.5, 0.6) is 0 Å². The van der Waals surface area contributed by atoms with Gasteiger partial charge < -0.3 is 10.1 Å². The molecule has 0 bridgehead atoms. The van der Waals surface area contributed by atoms with Crippen LogP contribution < -0.4 is 5.32 Å². The number of benzene rings is 3. The zero-order valence-corrected chi connectivity index (χ0v) is 17.3. The van der Waals surface area contributed by atoms with Crippen LogP contribution in [0.2, 0.25) is 0 Å². The molecule has 0 radical (unpaired) electrons. The smallest absolute Gasteiger partial charge is 0.407 e. The Bertz CT molecular complexity index is 1110. The van der Waals surface area contributed by atoms with Gasteiger partial charge in [-0.05, 0) is 34.4 Å². The quantitative estimate of drug-likeness (QED) is 0.507. The second-order valence-electron chi connectivity index (χ2n) is 6.73. The van der Waals surface area contributed by atoms with Gasteiger partial charge in [0.25, 0.3) is 0 Å². The average Bonchev–Trinajstić information content (AvgIpc) is 3.05. The van der Waals surface area contributed by atoms with Gasteiger partial charge in [0.1, 0.15) is 18.2 Å². The summed E-state index contributed by atoms with van der Waals surface area (Å²) < 4.78 is 33.2. The van der Waals surface area contributed by atoms with Gasteiger partial charge in [0.2, 0.25) is 0 Å². The highest BCUT2D eigenvalue weighted by atomic mass is 79.9. The number of hydrogen-bond donors (Lipinski definition) is 1. The van der Waals surface area contributed by atoms with Crippen molar-refractivity contribution in [3.05, 3.63) is 93.5 Å². The van der Waals surface area contributed by atoms with E-state index in [1.165, 1.54) is 0 Å². The molecule has 6 heteroatoms. The van der Waals surface area contributed by atoms with Gasteiger partial charge in [-0.1, -0.05) is 76.3 Å². The third-order valence-electron chi connectivity index (χ3n) is 4.89. The molecule has 0 heterocycles. The third kappa shape index (κ3) is 4.07. The Morgan fingerprint density at radius 3 is 2.17 bits per heavy atom. The first-order valence-electron chi connectivity index (χ1n) is 9.27. The van der Waals surface area contributed by atoms with Crippen LogP contribution in [0.1, 0.15) is 22.6 Å². The van der Waals surface area contributed by atoms with Gasteiger partial charge in [-0.2, -0.15) is 0 Å². The van der Waals surface area contributed by atoms with Gasteiger partial charge in [0, 0.05) is 10.4 Å². The lowest BCUT2D eigenvalue weighted by molar-refractivity contribution is 0.144. The van der Waals surface area contributed by atoms with Crippen LogP contribution in [0.4, 0.5) is 13.6 Å². The standard InChI is InChI=1S/C24H16BrF2NO2/c25-15-12-22(26)20(23(27)13-15)10-5-11-28-24(29)30-14-21-18-8-3-1-6-16(18)17-7-2-4-9-19(17)21/h1-4,6-9,12-13,21H,11,14H2,(H,28,29). The molecule has 3 nitrogen and oxygen atoms in total. The van der Waals surface area contributed by atoms with E-state index in [-0.39, 0.29) is 24.6 Å². The van der Waals surface area contributed by atoms with E-state index >= 15 is 0 Å². The van der Waals surface area contributed by atoms with Crippen molar-refractivity contribution in [3.8, 4) is 23.0 Å². The molecule has 1 aliphatic rings. The first kappa shape index (κ1) is 20.1. The maximum atomic E-state index is 13.7. The highest BCUT2D eigenvalue weighted by Crippen LogP contribution is 2.44. The Morgan fingerprint density at radius 2 is 1.57 bits per heavy atom. The van der Waals surface area contributed by atoms with Gasteiger partial charge >= 0.3 is 6.09 Å². The molecule has 0 unspecified atom stereocenters. The second kappa shape index (κ2) is 8.68. The highest BCUT2D eigenvalue weighted by Gasteiger charge is 2.28. The summed E-state index contributed by atoms with van der Waals surface area (Å²) in [5.74, 6) is 3.35. The average molecular weight is 468 g/mol. The van der Waals surface area contributed by atoms with E-state index in [2.05, 4.69) is 45.2 Å². The fourth-order valence-corrected chi connectivity index (χ4v) is 3.96. The van der Waals surface area contributed by atoms with Crippen LogP contribution in [0, 0.1) is 23.5 Å². The Labute approximate surface area is 181 Å². The number of rotatable bonds is 3. The number of amides is 1. The molecule has 0 saturated carbocycles. The number of ether oxygens (including phenoxy) is 1. The number of nitrogens with one attached hydrogen (secondary N) is 1. The van der Waals surface area contributed by atoms with E-state index in [4.69, 9.17) is 4.74 Å². The summed E-state index contributed by atoms with van der Waals surface area (Å²) in [7, 11) is 0. The molecule has 0 aromatic heterocycles. The normalized spacial score (nSPS) is 11.8. The minimum Gasteiger partial charge on any atom is -0.449 e. The summed E-state index contributed by atoms with van der Waals surface area (Å²) in [6.45, 7) is 0.0921. The van der Waals surface area contributed by atoms with E-state index in [0.29, 0.717) is 4.47 Å². The van der Waals surface area contributed by atoms with Crippen molar-refractivity contribution in [3.63, 3.8) is 0 Å². The number of hydrogen-bond acceptors (Lipinski definition) is 2. The van der Waals surface area contributed by atoms with Crippen molar-refractivity contribution in [2.45, 2.75) is 5.92 Å². The Morgan fingerprint density at radius 1 is 1.00 bits per heavy atom. The van der Waals surface area contributed by atoms with Crippen LogP contribution in [0.25, 0.3) is 11.1 Å². The van der Waals surface area contributed by atoms with Crippen LogP contribution in [-0.4, -0.2) is 19.2 Å². The Balaban J connectivity index is 1.37. The molecule has 0 aliphatic heterocycles. The van der Waals surface area contributed by atoms with Crippen molar-refractivity contribution in [2.75, 3.05) is 13.2 Å². The molecule has 0 fully saturated rings. The summed E-state index contributed by atoms with van der Waals surface area (Å²) in [6, 6.07) is 18.4. The topological polar surface area (TPSA) is 38.3 Å². The van der Waals surface area contributed by atoms with Crippen molar-refractivity contribution < 1.29 is 18.3 Å². The summed E-state index contributed by atoms with van der Waals surface area (Å²) >= 11 is 3.01. The van der Waals surface area contributed by atoms with Crippen LogP contribution in [-0.2, 0) is 4.74 Å². The van der Waals surface area contributed by atoms with Crippen LogP contribution in [0.3, 0.4) is 0 Å². The van der Waals surface area contributed by atoms with E-state index < -0.39 is 17.7 Å². The van der Waals surface area contributed by atoms with E-state index in [1.807, 2.05) is 36.4 Å².